The average Bonchev–Trinajstić information content (AvgIpc) is 3.00. The van der Waals surface area contributed by atoms with Crippen LogP contribution >= 0.6 is 7.82 Å². The molecule has 14 heteroatoms. The number of nitrogens with one attached hydrogen (secondary N) is 2. The van der Waals surface area contributed by atoms with Crippen molar-refractivity contribution in [1.29, 1.82) is 0 Å². The summed E-state index contributed by atoms with van der Waals surface area (Å²) < 4.78 is 21.4. The van der Waals surface area contributed by atoms with Crippen molar-refractivity contribution in [3.05, 3.63) is 27.2 Å². The average molecular weight is 364 g/mol. The van der Waals surface area contributed by atoms with Gasteiger partial charge in [-0.2, -0.15) is 0 Å². The number of H-pyrrole nitrogens is 2. The minimum Gasteiger partial charge on any atom is -0.387 e. The topological polar surface area (TPSA) is 200 Å². The number of aliphatic hydroxyl groups excluding tert-OH is 2. The van der Waals surface area contributed by atoms with Crippen molar-refractivity contribution in [2.45, 2.75) is 24.5 Å². The second-order valence-corrected chi connectivity index (χ2v) is 6.33. The third kappa shape index (κ3) is 3.06. The van der Waals surface area contributed by atoms with Gasteiger partial charge in [-0.25, -0.2) is 14.3 Å². The first-order chi connectivity index (χ1) is 11.2. The fourth-order valence-corrected chi connectivity index (χ4v) is 2.75. The maximum Gasteiger partial charge on any atom is 0.469 e. The first-order valence-electron chi connectivity index (χ1n) is 6.58. The molecule has 24 heavy (non-hydrogen) atoms. The highest BCUT2D eigenvalue weighted by atomic mass is 31.2. The molecule has 1 saturated heterocycles. The Morgan fingerprint density at radius 1 is 1.29 bits per heavy atom. The van der Waals surface area contributed by atoms with Crippen molar-refractivity contribution in [3.8, 4) is 0 Å². The van der Waals surface area contributed by atoms with Gasteiger partial charge in [-0.15, -0.1) is 0 Å². The molecule has 6 N–H and O–H groups in total. The van der Waals surface area contributed by atoms with Crippen LogP contribution in [-0.4, -0.2) is 64.4 Å². The molecule has 3 heterocycles. The van der Waals surface area contributed by atoms with Gasteiger partial charge in [-0.1, -0.05) is 0 Å². The van der Waals surface area contributed by atoms with Crippen molar-refractivity contribution in [1.82, 2.24) is 19.5 Å². The summed E-state index contributed by atoms with van der Waals surface area (Å²) in [7, 11) is -4.78. The lowest BCUT2D eigenvalue weighted by Crippen LogP contribution is -2.33. The van der Waals surface area contributed by atoms with Gasteiger partial charge >= 0.3 is 13.5 Å². The molecule has 0 spiro atoms. The van der Waals surface area contributed by atoms with Crippen LogP contribution in [0.3, 0.4) is 0 Å². The van der Waals surface area contributed by atoms with Crippen molar-refractivity contribution in [3.63, 3.8) is 0 Å². The minimum absolute atomic E-state index is 0.0449. The molecule has 132 valence electrons. The number of fused-ring (bicyclic) bond motifs is 1. The quantitative estimate of drug-likeness (QED) is 0.307. The van der Waals surface area contributed by atoms with Crippen molar-refractivity contribution in [2.24, 2.45) is 0 Å². The Hall–Kier alpha value is -1.86. The summed E-state index contributed by atoms with van der Waals surface area (Å²) >= 11 is 0. The minimum atomic E-state index is -4.78. The van der Waals surface area contributed by atoms with Gasteiger partial charge in [0.05, 0.1) is 12.9 Å². The summed E-state index contributed by atoms with van der Waals surface area (Å²) in [4.78, 5) is 48.5. The molecule has 0 bridgehead atoms. The van der Waals surface area contributed by atoms with E-state index in [0.717, 1.165) is 10.9 Å². The Labute approximate surface area is 131 Å². The van der Waals surface area contributed by atoms with Crippen molar-refractivity contribution >= 4 is 19.0 Å². The molecule has 0 aromatic carbocycles. The molecule has 1 aliphatic heterocycles. The van der Waals surface area contributed by atoms with Gasteiger partial charge in [0.15, 0.2) is 11.7 Å². The number of nitrogens with zero attached hydrogens (tertiary/aromatic N) is 2. The third-order valence-electron chi connectivity index (χ3n) is 3.49. The van der Waals surface area contributed by atoms with Crippen LogP contribution in [0.15, 0.2) is 15.9 Å². The van der Waals surface area contributed by atoms with E-state index in [-0.39, 0.29) is 11.2 Å². The van der Waals surface area contributed by atoms with Crippen LogP contribution < -0.4 is 11.2 Å². The lowest BCUT2D eigenvalue weighted by molar-refractivity contribution is -0.0504. The van der Waals surface area contributed by atoms with E-state index in [1.165, 1.54) is 0 Å². The predicted octanol–water partition coefficient (Wildman–Crippen LogP) is -2.86. The fourth-order valence-electron chi connectivity index (χ4n) is 2.41. The second kappa shape index (κ2) is 5.89. The van der Waals surface area contributed by atoms with Gasteiger partial charge in [-0.05, 0) is 0 Å². The van der Waals surface area contributed by atoms with E-state index < -0.39 is 50.2 Å². The van der Waals surface area contributed by atoms with Crippen LogP contribution in [0.1, 0.15) is 6.23 Å². The van der Waals surface area contributed by atoms with Gasteiger partial charge in [0, 0.05) is 0 Å². The molecule has 13 nitrogen and oxygen atoms in total. The van der Waals surface area contributed by atoms with E-state index in [1.807, 2.05) is 4.98 Å². The first-order valence-corrected chi connectivity index (χ1v) is 8.11. The van der Waals surface area contributed by atoms with E-state index in [0.29, 0.717) is 0 Å². The zero-order valence-electron chi connectivity index (χ0n) is 11.8. The molecular weight excluding hydrogens is 351 g/mol. The number of hydrogen-bond donors (Lipinski definition) is 6. The summed E-state index contributed by atoms with van der Waals surface area (Å²) in [5, 5.41) is 20.0. The number of phosphoric ester groups is 1. The third-order valence-corrected chi connectivity index (χ3v) is 3.97. The van der Waals surface area contributed by atoms with E-state index in [2.05, 4.69) is 14.5 Å². The number of aliphatic hydroxyl groups is 2. The largest absolute Gasteiger partial charge is 0.469 e. The highest BCUT2D eigenvalue weighted by Crippen LogP contribution is 2.38. The van der Waals surface area contributed by atoms with Crippen LogP contribution in [0, 0.1) is 0 Å². The maximum absolute atomic E-state index is 11.6. The zero-order chi connectivity index (χ0) is 17.6. The number of hydrogen-bond acceptors (Lipinski definition) is 8. The number of rotatable bonds is 4. The molecule has 3 rings (SSSR count). The molecule has 0 unspecified atom stereocenters. The van der Waals surface area contributed by atoms with Crippen molar-refractivity contribution < 1.29 is 33.8 Å². The van der Waals surface area contributed by atoms with Gasteiger partial charge in [-0.3, -0.25) is 23.9 Å². The summed E-state index contributed by atoms with van der Waals surface area (Å²) in [6.45, 7) is -0.678. The van der Waals surface area contributed by atoms with Crippen LogP contribution in [-0.2, 0) is 13.8 Å². The molecule has 1 fully saturated rings. The summed E-state index contributed by atoms with van der Waals surface area (Å²) in [5.74, 6) is 0. The molecule has 1 aliphatic rings. The maximum atomic E-state index is 11.6. The normalized spacial score (nSPS) is 27.8. The summed E-state index contributed by atoms with van der Waals surface area (Å²) in [6.07, 6.45) is -4.43. The number of ether oxygens (including phenoxy) is 1. The Bertz CT molecular complexity index is 913. The van der Waals surface area contributed by atoms with Crippen LogP contribution in [0.5, 0.6) is 0 Å². The second-order valence-electron chi connectivity index (χ2n) is 5.09. The van der Waals surface area contributed by atoms with E-state index in [9.17, 15) is 24.4 Å². The van der Waals surface area contributed by atoms with Gasteiger partial charge in [0.25, 0.3) is 5.56 Å². The SMILES string of the molecule is O=c1[nH]c(=O)c2ncn([C@@H]3O[C@H](COP(=O)(O)O)[C@@H](O)[C@@H]3O)c2[nH]1. The zero-order valence-corrected chi connectivity index (χ0v) is 12.7. The Morgan fingerprint density at radius 3 is 2.67 bits per heavy atom. The summed E-state index contributed by atoms with van der Waals surface area (Å²) in [5.41, 5.74) is -1.71. The Morgan fingerprint density at radius 2 is 2.00 bits per heavy atom. The van der Waals surface area contributed by atoms with E-state index >= 15 is 0 Å². The number of phosphoric acid groups is 1. The predicted molar refractivity (Wildman–Crippen MR) is 74.9 cm³/mol. The van der Waals surface area contributed by atoms with Crippen LogP contribution in [0.25, 0.3) is 11.2 Å². The fraction of sp³-hybridized carbons (Fsp3) is 0.500. The highest BCUT2D eigenvalue weighted by Gasteiger charge is 2.45. The smallest absolute Gasteiger partial charge is 0.387 e. The molecule has 0 aliphatic carbocycles. The Kier molecular flexibility index (Phi) is 4.17. The van der Waals surface area contributed by atoms with Gasteiger partial charge in [0.2, 0.25) is 0 Å². The molecule has 2 aromatic rings. The first kappa shape index (κ1) is 17.0. The number of aromatic nitrogens is 4. The highest BCUT2D eigenvalue weighted by molar-refractivity contribution is 7.46. The lowest BCUT2D eigenvalue weighted by Gasteiger charge is -2.16. The number of imidazole rings is 1. The summed E-state index contributed by atoms with van der Waals surface area (Å²) in [6, 6.07) is 0. The number of aromatic amines is 2. The monoisotopic (exact) mass is 364 g/mol. The molecule has 0 saturated carbocycles. The molecule has 0 radical (unpaired) electrons. The van der Waals surface area contributed by atoms with Crippen LogP contribution in [0.2, 0.25) is 0 Å². The Balaban J connectivity index is 1.92. The molecule has 2 aromatic heterocycles. The van der Waals surface area contributed by atoms with E-state index in [1.54, 1.807) is 0 Å². The van der Waals surface area contributed by atoms with Crippen LogP contribution in [0.4, 0.5) is 0 Å². The van der Waals surface area contributed by atoms with Gasteiger partial charge in [0.1, 0.15) is 24.0 Å². The molecule has 4 atom stereocenters. The standard InChI is InChI=1S/C10H13N4O9P/c15-5-3(1-22-24(19,20)21)23-9(6(5)16)14-2-11-4-7(14)12-10(18)13-8(4)17/h2-3,5-6,9,15-16H,1H2,(H2,19,20,21)(H2,12,13,17,18)/t3-,5-,6+,9-/m1/s1. The molecule has 0 amide bonds. The van der Waals surface area contributed by atoms with Gasteiger partial charge < -0.3 is 24.7 Å². The molecular formula is C10H13N4O9P. The van der Waals surface area contributed by atoms with E-state index in [4.69, 9.17) is 14.5 Å². The van der Waals surface area contributed by atoms with Crippen molar-refractivity contribution in [2.75, 3.05) is 6.61 Å². The lowest BCUT2D eigenvalue weighted by atomic mass is 10.1.